The first kappa shape index (κ1) is 27.9. The van der Waals surface area contributed by atoms with E-state index in [1.54, 1.807) is 30.3 Å². The molecule has 0 aliphatic carbocycles. The Morgan fingerprint density at radius 1 is 0.974 bits per heavy atom. The monoisotopic (exact) mass is 518 g/mol. The van der Waals surface area contributed by atoms with Gasteiger partial charge in [0.2, 0.25) is 11.8 Å². The first-order valence-electron chi connectivity index (χ1n) is 12.1. The van der Waals surface area contributed by atoms with Crippen LogP contribution < -0.4 is 20.2 Å². The summed E-state index contributed by atoms with van der Waals surface area (Å²) in [7, 11) is 0. The van der Waals surface area contributed by atoms with E-state index in [1.807, 2.05) is 39.0 Å². The molecule has 0 saturated carbocycles. The number of nitro benzene ring substituents is 1. The van der Waals surface area contributed by atoms with Gasteiger partial charge in [0.25, 0.3) is 5.69 Å². The Morgan fingerprint density at radius 2 is 1.71 bits per heavy atom. The van der Waals surface area contributed by atoms with Crippen LogP contribution in [-0.4, -0.2) is 29.6 Å². The van der Waals surface area contributed by atoms with Crippen molar-refractivity contribution >= 4 is 29.4 Å². The third kappa shape index (κ3) is 8.16. The van der Waals surface area contributed by atoms with Gasteiger partial charge in [-0.1, -0.05) is 12.1 Å². The second-order valence-corrected chi connectivity index (χ2v) is 8.44. The van der Waals surface area contributed by atoms with Crippen LogP contribution in [0, 0.1) is 24.0 Å². The minimum atomic E-state index is -0.454. The maximum Gasteiger partial charge on any atom is 0.269 e. The SMILES string of the molecule is CCOc1cc(C=NNC(=O)CCC(=O)Nc2cccc(C)c2C)ccc1OCc1ccc([N+](=O)[O-])cc1. The van der Waals surface area contributed by atoms with Gasteiger partial charge < -0.3 is 14.8 Å². The third-order valence-electron chi connectivity index (χ3n) is 5.67. The van der Waals surface area contributed by atoms with Crippen molar-refractivity contribution < 1.29 is 24.0 Å². The quantitative estimate of drug-likeness (QED) is 0.196. The summed E-state index contributed by atoms with van der Waals surface area (Å²) in [5.74, 6) is 0.364. The van der Waals surface area contributed by atoms with Crippen molar-refractivity contribution in [2.24, 2.45) is 5.10 Å². The molecular weight excluding hydrogens is 488 g/mol. The number of hydrogen-bond acceptors (Lipinski definition) is 7. The lowest BCUT2D eigenvalue weighted by Crippen LogP contribution is -2.21. The molecule has 0 aliphatic heterocycles. The number of nitrogens with zero attached hydrogens (tertiary/aromatic N) is 2. The fourth-order valence-corrected chi connectivity index (χ4v) is 3.43. The second kappa shape index (κ2) is 13.5. The molecule has 38 heavy (non-hydrogen) atoms. The van der Waals surface area contributed by atoms with Crippen LogP contribution in [0.3, 0.4) is 0 Å². The van der Waals surface area contributed by atoms with E-state index in [1.165, 1.54) is 18.3 Å². The minimum absolute atomic E-state index is 0.00630. The highest BCUT2D eigenvalue weighted by molar-refractivity contribution is 5.94. The molecule has 3 rings (SSSR count). The molecule has 2 amide bonds. The number of nitrogens with one attached hydrogen (secondary N) is 2. The molecule has 0 atom stereocenters. The highest BCUT2D eigenvalue weighted by atomic mass is 16.6. The topological polar surface area (TPSA) is 132 Å². The van der Waals surface area contributed by atoms with Crippen molar-refractivity contribution in [3.05, 3.63) is 93.0 Å². The molecule has 0 aromatic heterocycles. The molecule has 0 radical (unpaired) electrons. The molecule has 0 unspecified atom stereocenters. The summed E-state index contributed by atoms with van der Waals surface area (Å²) in [6.45, 7) is 6.36. The number of carbonyl (C=O) groups excluding carboxylic acids is 2. The van der Waals surface area contributed by atoms with E-state index in [9.17, 15) is 19.7 Å². The Balaban J connectivity index is 1.50. The van der Waals surface area contributed by atoms with Crippen LogP contribution in [0.25, 0.3) is 0 Å². The highest BCUT2D eigenvalue weighted by Gasteiger charge is 2.10. The van der Waals surface area contributed by atoms with E-state index < -0.39 is 4.92 Å². The number of hydrogen-bond donors (Lipinski definition) is 2. The third-order valence-corrected chi connectivity index (χ3v) is 5.67. The van der Waals surface area contributed by atoms with E-state index >= 15 is 0 Å². The Labute approximate surface area is 220 Å². The first-order chi connectivity index (χ1) is 18.3. The van der Waals surface area contributed by atoms with Crippen molar-refractivity contribution in [3.63, 3.8) is 0 Å². The molecule has 198 valence electrons. The largest absolute Gasteiger partial charge is 0.490 e. The number of aryl methyl sites for hydroxylation is 1. The molecule has 0 fully saturated rings. The minimum Gasteiger partial charge on any atom is -0.490 e. The van der Waals surface area contributed by atoms with E-state index in [2.05, 4.69) is 15.8 Å². The van der Waals surface area contributed by atoms with Gasteiger partial charge in [-0.2, -0.15) is 5.10 Å². The molecular formula is C28H30N4O6. The van der Waals surface area contributed by atoms with Gasteiger partial charge in [0.05, 0.1) is 17.7 Å². The van der Waals surface area contributed by atoms with Crippen molar-refractivity contribution in [1.29, 1.82) is 0 Å². The zero-order chi connectivity index (χ0) is 27.5. The normalized spacial score (nSPS) is 10.7. The van der Waals surface area contributed by atoms with Gasteiger partial charge >= 0.3 is 0 Å². The molecule has 0 heterocycles. The molecule has 10 nitrogen and oxygen atoms in total. The summed E-state index contributed by atoms with van der Waals surface area (Å²) in [5.41, 5.74) is 6.68. The first-order valence-corrected chi connectivity index (χ1v) is 12.1. The number of ether oxygens (including phenoxy) is 2. The van der Waals surface area contributed by atoms with Gasteiger partial charge in [-0.05, 0) is 79.4 Å². The lowest BCUT2D eigenvalue weighted by Gasteiger charge is -2.12. The summed E-state index contributed by atoms with van der Waals surface area (Å²) in [6, 6.07) is 17.0. The Bertz CT molecular complexity index is 1320. The van der Waals surface area contributed by atoms with Gasteiger partial charge in [0.1, 0.15) is 6.61 Å². The Morgan fingerprint density at radius 3 is 2.42 bits per heavy atom. The molecule has 0 aliphatic rings. The number of rotatable bonds is 12. The summed E-state index contributed by atoms with van der Waals surface area (Å²) < 4.78 is 11.5. The number of non-ortho nitro benzene ring substituents is 1. The van der Waals surface area contributed by atoms with Crippen LogP contribution >= 0.6 is 0 Å². The molecule has 0 spiro atoms. The lowest BCUT2D eigenvalue weighted by atomic mass is 10.1. The summed E-state index contributed by atoms with van der Waals surface area (Å²) >= 11 is 0. The summed E-state index contributed by atoms with van der Waals surface area (Å²) in [6.07, 6.45) is 1.49. The number of hydrazone groups is 1. The number of carbonyl (C=O) groups is 2. The van der Waals surface area contributed by atoms with Crippen LogP contribution in [0.4, 0.5) is 11.4 Å². The van der Waals surface area contributed by atoms with Crippen molar-refractivity contribution in [2.75, 3.05) is 11.9 Å². The van der Waals surface area contributed by atoms with Gasteiger partial charge in [-0.3, -0.25) is 19.7 Å². The van der Waals surface area contributed by atoms with Crippen LogP contribution in [0.2, 0.25) is 0 Å². The second-order valence-electron chi connectivity index (χ2n) is 8.44. The standard InChI is InChI=1S/C28H30N4O6/c1-4-37-26-16-22(10-13-25(26)38-18-21-8-11-23(12-9-21)32(35)36)17-29-31-28(34)15-14-27(33)30-24-7-5-6-19(2)20(24)3/h5-13,16-17H,4,14-15,18H2,1-3H3,(H,30,33)(H,31,34). The lowest BCUT2D eigenvalue weighted by molar-refractivity contribution is -0.384. The van der Waals surface area contributed by atoms with E-state index in [0.29, 0.717) is 23.7 Å². The van der Waals surface area contributed by atoms with Crippen molar-refractivity contribution in [1.82, 2.24) is 5.43 Å². The predicted molar refractivity (Wildman–Crippen MR) is 145 cm³/mol. The van der Waals surface area contributed by atoms with E-state index in [4.69, 9.17) is 9.47 Å². The van der Waals surface area contributed by atoms with Crippen LogP contribution in [-0.2, 0) is 16.2 Å². The molecule has 0 bridgehead atoms. The zero-order valence-electron chi connectivity index (χ0n) is 21.5. The average molecular weight is 519 g/mol. The average Bonchev–Trinajstić information content (AvgIpc) is 2.90. The Hall–Kier alpha value is -4.73. The maximum absolute atomic E-state index is 12.2. The Kier molecular flexibility index (Phi) is 9.93. The van der Waals surface area contributed by atoms with Crippen LogP contribution in [0.15, 0.2) is 65.8 Å². The predicted octanol–water partition coefficient (Wildman–Crippen LogP) is 5.06. The smallest absolute Gasteiger partial charge is 0.269 e. The number of benzene rings is 3. The summed E-state index contributed by atoms with van der Waals surface area (Å²) in [5, 5.41) is 17.6. The number of nitro groups is 1. The van der Waals surface area contributed by atoms with E-state index in [0.717, 1.165) is 22.4 Å². The fraction of sp³-hybridized carbons (Fsp3) is 0.250. The van der Waals surface area contributed by atoms with Gasteiger partial charge in [0.15, 0.2) is 11.5 Å². The maximum atomic E-state index is 12.2. The summed E-state index contributed by atoms with van der Waals surface area (Å²) in [4.78, 5) is 34.7. The van der Waals surface area contributed by atoms with Crippen molar-refractivity contribution in [3.8, 4) is 11.5 Å². The van der Waals surface area contributed by atoms with Gasteiger partial charge in [0, 0.05) is 30.7 Å². The van der Waals surface area contributed by atoms with Crippen LogP contribution in [0.5, 0.6) is 11.5 Å². The van der Waals surface area contributed by atoms with E-state index in [-0.39, 0.29) is 37.0 Å². The van der Waals surface area contributed by atoms with Gasteiger partial charge in [-0.25, -0.2) is 5.43 Å². The van der Waals surface area contributed by atoms with Crippen molar-refractivity contribution in [2.45, 2.75) is 40.2 Å². The number of anilines is 1. The molecule has 2 N–H and O–H groups in total. The number of amides is 2. The molecule has 10 heteroatoms. The fourth-order valence-electron chi connectivity index (χ4n) is 3.43. The van der Waals surface area contributed by atoms with Gasteiger partial charge in [-0.15, -0.1) is 0 Å². The molecule has 0 saturated heterocycles. The van der Waals surface area contributed by atoms with Crippen LogP contribution in [0.1, 0.15) is 42.0 Å². The molecule has 3 aromatic carbocycles. The highest BCUT2D eigenvalue weighted by Crippen LogP contribution is 2.29. The zero-order valence-corrected chi connectivity index (χ0v) is 21.5. The molecule has 3 aromatic rings.